The van der Waals surface area contributed by atoms with Crippen molar-refractivity contribution in [2.45, 2.75) is 19.8 Å². The van der Waals surface area contributed by atoms with Crippen LogP contribution in [0, 0.1) is 0 Å². The van der Waals surface area contributed by atoms with Crippen molar-refractivity contribution < 1.29 is 4.79 Å². The van der Waals surface area contributed by atoms with Gasteiger partial charge in [0.1, 0.15) is 0 Å². The third-order valence-electron chi connectivity index (χ3n) is 2.15. The minimum atomic E-state index is -0.133. The van der Waals surface area contributed by atoms with Crippen molar-refractivity contribution in [1.29, 1.82) is 0 Å². The molecule has 0 aliphatic heterocycles. The third kappa shape index (κ3) is 4.49. The zero-order chi connectivity index (χ0) is 12.0. The molecule has 0 saturated carbocycles. The normalized spacial score (nSPS) is 11.9. The lowest BCUT2D eigenvalue weighted by molar-refractivity contribution is 0.241. The molecule has 3 nitrogen and oxygen atoms in total. The Bertz CT molecular complexity index is 346. The van der Waals surface area contributed by atoms with Crippen LogP contribution in [0.4, 0.5) is 4.79 Å². The summed E-state index contributed by atoms with van der Waals surface area (Å²) in [6, 6.07) is 3.98. The Labute approximate surface area is 101 Å². The van der Waals surface area contributed by atoms with E-state index in [2.05, 4.69) is 30.2 Å². The summed E-state index contributed by atoms with van der Waals surface area (Å²) in [6.45, 7) is 8.89. The highest BCUT2D eigenvalue weighted by molar-refractivity contribution is 7.10. The summed E-state index contributed by atoms with van der Waals surface area (Å²) >= 11 is 1.72. The van der Waals surface area contributed by atoms with Gasteiger partial charge in [-0.15, -0.1) is 11.3 Å². The van der Waals surface area contributed by atoms with Crippen molar-refractivity contribution in [1.82, 2.24) is 10.6 Å². The number of amides is 2. The number of nitrogens with one attached hydrogen (secondary N) is 2. The number of rotatable bonds is 5. The lowest BCUT2D eigenvalue weighted by Gasteiger charge is -2.11. The minimum Gasteiger partial charge on any atom is -0.338 e. The summed E-state index contributed by atoms with van der Waals surface area (Å²) < 4.78 is 0. The Kier molecular flexibility index (Phi) is 5.05. The lowest BCUT2D eigenvalue weighted by atomic mass is 10.1. The fourth-order valence-corrected chi connectivity index (χ4v) is 2.00. The lowest BCUT2D eigenvalue weighted by Crippen LogP contribution is -2.37. The topological polar surface area (TPSA) is 41.1 Å². The number of hydrogen-bond acceptors (Lipinski definition) is 2. The van der Waals surface area contributed by atoms with E-state index in [1.54, 1.807) is 11.3 Å². The van der Waals surface area contributed by atoms with E-state index in [0.717, 1.165) is 5.57 Å². The van der Waals surface area contributed by atoms with Crippen molar-refractivity contribution in [3.05, 3.63) is 34.5 Å². The van der Waals surface area contributed by atoms with Crippen LogP contribution in [0.2, 0.25) is 0 Å². The standard InChI is InChI=1S/C12H18N2OS/c1-9(2)7-13-12(15)14-8-10(3)11-5-4-6-16-11/h4-6,10H,1,7-8H2,2-3H3,(H2,13,14,15)/t10-/m0/s1. The average Bonchev–Trinajstić information content (AvgIpc) is 2.76. The van der Waals surface area contributed by atoms with Crippen LogP contribution in [-0.4, -0.2) is 19.1 Å². The largest absolute Gasteiger partial charge is 0.338 e. The maximum absolute atomic E-state index is 11.4. The molecule has 16 heavy (non-hydrogen) atoms. The van der Waals surface area contributed by atoms with Crippen molar-refractivity contribution in [3.63, 3.8) is 0 Å². The van der Waals surface area contributed by atoms with Gasteiger partial charge in [0, 0.05) is 23.9 Å². The molecule has 1 rings (SSSR count). The maximum atomic E-state index is 11.4. The molecule has 2 amide bonds. The molecule has 2 N–H and O–H groups in total. The molecule has 0 bridgehead atoms. The van der Waals surface area contributed by atoms with Gasteiger partial charge in [0.25, 0.3) is 0 Å². The fourth-order valence-electron chi connectivity index (χ4n) is 1.21. The molecular weight excluding hydrogens is 220 g/mol. The molecule has 1 aromatic heterocycles. The molecule has 0 spiro atoms. The third-order valence-corrected chi connectivity index (χ3v) is 3.25. The van der Waals surface area contributed by atoms with Gasteiger partial charge in [-0.05, 0) is 18.4 Å². The van der Waals surface area contributed by atoms with Crippen LogP contribution in [0.1, 0.15) is 24.6 Å². The number of urea groups is 1. The monoisotopic (exact) mass is 238 g/mol. The first kappa shape index (κ1) is 12.8. The van der Waals surface area contributed by atoms with E-state index in [1.165, 1.54) is 4.88 Å². The SMILES string of the molecule is C=C(C)CNC(=O)NC[C@H](C)c1cccs1. The zero-order valence-electron chi connectivity index (χ0n) is 9.75. The Morgan fingerprint density at radius 1 is 1.56 bits per heavy atom. The number of hydrogen-bond donors (Lipinski definition) is 2. The first-order valence-corrected chi connectivity index (χ1v) is 6.17. The van der Waals surface area contributed by atoms with E-state index >= 15 is 0 Å². The summed E-state index contributed by atoms with van der Waals surface area (Å²) in [7, 11) is 0. The molecule has 0 aromatic carbocycles. The Morgan fingerprint density at radius 2 is 2.31 bits per heavy atom. The highest BCUT2D eigenvalue weighted by Crippen LogP contribution is 2.19. The van der Waals surface area contributed by atoms with Gasteiger partial charge >= 0.3 is 6.03 Å². The number of carbonyl (C=O) groups is 1. The summed E-state index contributed by atoms with van der Waals surface area (Å²) in [4.78, 5) is 12.7. The van der Waals surface area contributed by atoms with Gasteiger partial charge in [-0.25, -0.2) is 4.79 Å². The van der Waals surface area contributed by atoms with Crippen LogP contribution in [0.5, 0.6) is 0 Å². The van der Waals surface area contributed by atoms with E-state index in [-0.39, 0.29) is 6.03 Å². The van der Waals surface area contributed by atoms with Gasteiger partial charge in [0.15, 0.2) is 0 Å². The molecular formula is C12H18N2OS. The molecule has 1 aromatic rings. The second-order valence-corrected chi connectivity index (χ2v) is 4.92. The predicted octanol–water partition coefficient (Wildman–Crippen LogP) is 2.73. The van der Waals surface area contributed by atoms with Crippen molar-refractivity contribution in [2.24, 2.45) is 0 Å². The van der Waals surface area contributed by atoms with Gasteiger partial charge in [-0.1, -0.05) is 25.1 Å². The van der Waals surface area contributed by atoms with Crippen molar-refractivity contribution in [2.75, 3.05) is 13.1 Å². The molecule has 0 aliphatic carbocycles. The van der Waals surface area contributed by atoms with E-state index in [0.29, 0.717) is 19.0 Å². The second-order valence-electron chi connectivity index (χ2n) is 3.94. The minimum absolute atomic E-state index is 0.133. The zero-order valence-corrected chi connectivity index (χ0v) is 10.6. The van der Waals surface area contributed by atoms with Gasteiger partial charge in [-0.3, -0.25) is 0 Å². The summed E-state index contributed by atoms with van der Waals surface area (Å²) in [6.07, 6.45) is 0. The summed E-state index contributed by atoms with van der Waals surface area (Å²) in [5, 5.41) is 7.63. The van der Waals surface area contributed by atoms with Crippen LogP contribution in [-0.2, 0) is 0 Å². The van der Waals surface area contributed by atoms with Crippen LogP contribution < -0.4 is 10.6 Å². The van der Waals surface area contributed by atoms with Crippen LogP contribution in [0.3, 0.4) is 0 Å². The van der Waals surface area contributed by atoms with Crippen LogP contribution in [0.15, 0.2) is 29.7 Å². The molecule has 0 unspecified atom stereocenters. The van der Waals surface area contributed by atoms with E-state index in [4.69, 9.17) is 0 Å². The highest BCUT2D eigenvalue weighted by atomic mass is 32.1. The predicted molar refractivity (Wildman–Crippen MR) is 68.9 cm³/mol. The first-order valence-electron chi connectivity index (χ1n) is 5.29. The molecule has 1 heterocycles. The van der Waals surface area contributed by atoms with Gasteiger partial charge in [0.05, 0.1) is 0 Å². The van der Waals surface area contributed by atoms with E-state index < -0.39 is 0 Å². The molecule has 4 heteroatoms. The van der Waals surface area contributed by atoms with E-state index in [1.807, 2.05) is 18.4 Å². The second kappa shape index (κ2) is 6.33. The molecule has 0 aliphatic rings. The molecule has 0 radical (unpaired) electrons. The fraction of sp³-hybridized carbons (Fsp3) is 0.417. The molecule has 1 atom stereocenters. The summed E-state index contributed by atoms with van der Waals surface area (Å²) in [5.74, 6) is 0.357. The van der Waals surface area contributed by atoms with Gasteiger partial charge in [0.2, 0.25) is 0 Å². The molecule has 0 saturated heterocycles. The van der Waals surface area contributed by atoms with Gasteiger partial charge in [-0.2, -0.15) is 0 Å². The number of thiophene rings is 1. The van der Waals surface area contributed by atoms with Crippen molar-refractivity contribution in [3.8, 4) is 0 Å². The summed E-state index contributed by atoms with van der Waals surface area (Å²) in [5.41, 5.74) is 0.946. The molecule has 88 valence electrons. The quantitative estimate of drug-likeness (QED) is 0.761. The van der Waals surface area contributed by atoms with Crippen molar-refractivity contribution >= 4 is 17.4 Å². The highest BCUT2D eigenvalue weighted by Gasteiger charge is 2.07. The van der Waals surface area contributed by atoms with Crippen LogP contribution >= 0.6 is 11.3 Å². The smallest absolute Gasteiger partial charge is 0.315 e. The van der Waals surface area contributed by atoms with E-state index in [9.17, 15) is 4.79 Å². The maximum Gasteiger partial charge on any atom is 0.315 e. The van der Waals surface area contributed by atoms with Crippen LogP contribution in [0.25, 0.3) is 0 Å². The van der Waals surface area contributed by atoms with Gasteiger partial charge < -0.3 is 10.6 Å². The number of carbonyl (C=O) groups excluding carboxylic acids is 1. The Balaban J connectivity index is 2.24. The first-order chi connectivity index (χ1) is 7.59. The molecule has 0 fully saturated rings. The Hall–Kier alpha value is -1.29. The average molecular weight is 238 g/mol. The Morgan fingerprint density at radius 3 is 2.88 bits per heavy atom.